The van der Waals surface area contributed by atoms with E-state index in [9.17, 15) is 4.79 Å². The van der Waals surface area contributed by atoms with Crippen molar-refractivity contribution in [1.29, 1.82) is 0 Å². The van der Waals surface area contributed by atoms with Gasteiger partial charge in [-0.3, -0.25) is 15.1 Å². The standard InChI is InChI=1S/C22H25ClN6O3S/c1-13-8-15(16-9-19(23)25-11-18(16)31-3)17(10-24-13)20(30)26-21-27-28-22(33-21)32-12-14-4-6-29(2)7-5-14/h8-11,14H,4-7,12H2,1-3H3,(H,26,27,30). The number of methoxy groups -OCH3 is 1. The highest BCUT2D eigenvalue weighted by Crippen LogP contribution is 2.34. The lowest BCUT2D eigenvalue weighted by atomic mass is 9.98. The fraction of sp³-hybridized carbons (Fsp3) is 0.409. The van der Waals surface area contributed by atoms with Crippen molar-refractivity contribution in [2.24, 2.45) is 5.92 Å². The summed E-state index contributed by atoms with van der Waals surface area (Å²) in [5, 5.41) is 12.0. The van der Waals surface area contributed by atoms with Crippen LogP contribution in [0, 0.1) is 12.8 Å². The normalized spacial score (nSPS) is 14.8. The molecule has 9 nitrogen and oxygen atoms in total. The maximum absolute atomic E-state index is 13.1. The number of amides is 1. The van der Waals surface area contributed by atoms with Gasteiger partial charge in [-0.1, -0.05) is 16.7 Å². The van der Waals surface area contributed by atoms with E-state index in [1.54, 1.807) is 12.1 Å². The number of ether oxygens (including phenoxy) is 2. The van der Waals surface area contributed by atoms with Gasteiger partial charge in [-0.25, -0.2) is 4.98 Å². The van der Waals surface area contributed by atoms with Gasteiger partial charge in [0, 0.05) is 23.0 Å². The van der Waals surface area contributed by atoms with E-state index in [2.05, 4.69) is 37.4 Å². The molecule has 1 fully saturated rings. The highest BCUT2D eigenvalue weighted by Gasteiger charge is 2.21. The topological polar surface area (TPSA) is 102 Å². The van der Waals surface area contributed by atoms with Crippen LogP contribution >= 0.6 is 22.9 Å². The van der Waals surface area contributed by atoms with Crippen molar-refractivity contribution in [3.05, 3.63) is 40.9 Å². The summed E-state index contributed by atoms with van der Waals surface area (Å²) in [4.78, 5) is 23.8. The van der Waals surface area contributed by atoms with Crippen LogP contribution in [0.5, 0.6) is 10.9 Å². The number of anilines is 1. The van der Waals surface area contributed by atoms with Gasteiger partial charge in [0.15, 0.2) is 0 Å². The van der Waals surface area contributed by atoms with Crippen LogP contribution in [-0.4, -0.2) is 64.8 Å². The number of nitrogens with one attached hydrogen (secondary N) is 1. The van der Waals surface area contributed by atoms with E-state index < -0.39 is 0 Å². The Morgan fingerprint density at radius 3 is 2.76 bits per heavy atom. The predicted molar refractivity (Wildman–Crippen MR) is 127 cm³/mol. The molecule has 0 saturated carbocycles. The van der Waals surface area contributed by atoms with Crippen LogP contribution in [0.4, 0.5) is 5.13 Å². The number of piperidine rings is 1. The van der Waals surface area contributed by atoms with Crippen molar-refractivity contribution in [3.63, 3.8) is 0 Å². The van der Waals surface area contributed by atoms with Crippen molar-refractivity contribution in [2.45, 2.75) is 19.8 Å². The van der Waals surface area contributed by atoms with Gasteiger partial charge in [0.1, 0.15) is 10.9 Å². The number of pyridine rings is 2. The highest BCUT2D eigenvalue weighted by molar-refractivity contribution is 7.17. The van der Waals surface area contributed by atoms with Crippen molar-refractivity contribution < 1.29 is 14.3 Å². The lowest BCUT2D eigenvalue weighted by Gasteiger charge is -2.28. The molecule has 4 heterocycles. The molecule has 0 aromatic carbocycles. The molecule has 0 spiro atoms. The third-order valence-corrected chi connectivity index (χ3v) is 6.49. The van der Waals surface area contributed by atoms with Crippen LogP contribution in [0.3, 0.4) is 0 Å². The number of nitrogens with zero attached hydrogens (tertiary/aromatic N) is 5. The summed E-state index contributed by atoms with van der Waals surface area (Å²) in [6.45, 7) is 4.60. The minimum Gasteiger partial charge on any atom is -0.494 e. The number of halogens is 1. The number of likely N-dealkylation sites (tertiary alicyclic amines) is 1. The monoisotopic (exact) mass is 488 g/mol. The number of hydrogen-bond acceptors (Lipinski definition) is 9. The first-order valence-corrected chi connectivity index (χ1v) is 11.7. The highest BCUT2D eigenvalue weighted by atomic mass is 35.5. The fourth-order valence-electron chi connectivity index (χ4n) is 3.66. The van der Waals surface area contributed by atoms with E-state index in [-0.39, 0.29) is 5.91 Å². The van der Waals surface area contributed by atoms with Crippen molar-refractivity contribution in [1.82, 2.24) is 25.1 Å². The molecule has 0 aliphatic carbocycles. The molecule has 33 heavy (non-hydrogen) atoms. The maximum Gasteiger partial charge on any atom is 0.295 e. The second-order valence-corrected chi connectivity index (χ2v) is 9.29. The Balaban J connectivity index is 1.48. The van der Waals surface area contributed by atoms with Gasteiger partial charge < -0.3 is 14.4 Å². The first-order valence-electron chi connectivity index (χ1n) is 10.6. The number of carbonyl (C=O) groups excluding carboxylic acids is 1. The Morgan fingerprint density at radius 1 is 1.21 bits per heavy atom. The summed E-state index contributed by atoms with van der Waals surface area (Å²) < 4.78 is 11.2. The average molecular weight is 489 g/mol. The first kappa shape index (κ1) is 23.3. The zero-order valence-electron chi connectivity index (χ0n) is 18.7. The molecule has 174 valence electrons. The summed E-state index contributed by atoms with van der Waals surface area (Å²) >= 11 is 7.30. The zero-order chi connectivity index (χ0) is 23.4. The molecule has 0 radical (unpaired) electrons. The van der Waals surface area contributed by atoms with Gasteiger partial charge in [-0.15, -0.1) is 5.10 Å². The first-order chi connectivity index (χ1) is 15.9. The van der Waals surface area contributed by atoms with Crippen LogP contribution < -0.4 is 14.8 Å². The van der Waals surface area contributed by atoms with E-state index in [0.717, 1.165) is 31.6 Å². The minimum atomic E-state index is -0.370. The third-order valence-electron chi connectivity index (χ3n) is 5.54. The van der Waals surface area contributed by atoms with Gasteiger partial charge in [0.2, 0.25) is 5.13 Å². The summed E-state index contributed by atoms with van der Waals surface area (Å²) in [5.74, 6) is 0.636. The third kappa shape index (κ3) is 5.76. The van der Waals surface area contributed by atoms with Crippen LogP contribution in [0.25, 0.3) is 11.1 Å². The van der Waals surface area contributed by atoms with E-state index in [4.69, 9.17) is 21.1 Å². The predicted octanol–water partition coefficient (Wildman–Crippen LogP) is 3.94. The van der Waals surface area contributed by atoms with Crippen molar-refractivity contribution in [3.8, 4) is 22.1 Å². The van der Waals surface area contributed by atoms with Gasteiger partial charge >= 0.3 is 0 Å². The molecule has 1 saturated heterocycles. The van der Waals surface area contributed by atoms with E-state index in [1.807, 2.05) is 6.92 Å². The Labute approximate surface area is 201 Å². The van der Waals surface area contributed by atoms with Crippen molar-refractivity contribution in [2.75, 3.05) is 39.2 Å². The summed E-state index contributed by atoms with van der Waals surface area (Å²) in [6.07, 6.45) is 5.25. The Morgan fingerprint density at radius 2 is 2.00 bits per heavy atom. The molecule has 0 atom stereocenters. The van der Waals surface area contributed by atoms with Crippen LogP contribution in [0.1, 0.15) is 28.9 Å². The number of carbonyl (C=O) groups is 1. The maximum atomic E-state index is 13.1. The molecule has 3 aromatic heterocycles. The number of hydrogen-bond donors (Lipinski definition) is 1. The summed E-state index contributed by atoms with van der Waals surface area (Å²) in [5.41, 5.74) is 2.37. The van der Waals surface area contributed by atoms with Gasteiger partial charge in [0.25, 0.3) is 11.1 Å². The van der Waals surface area contributed by atoms with Crippen LogP contribution in [-0.2, 0) is 0 Å². The van der Waals surface area contributed by atoms with E-state index in [0.29, 0.717) is 50.4 Å². The van der Waals surface area contributed by atoms with Gasteiger partial charge in [-0.2, -0.15) is 0 Å². The summed E-state index contributed by atoms with van der Waals surface area (Å²) in [6, 6.07) is 3.46. The lowest BCUT2D eigenvalue weighted by molar-refractivity contribution is 0.102. The molecule has 3 aromatic rings. The Hall–Kier alpha value is -2.82. The smallest absolute Gasteiger partial charge is 0.295 e. The largest absolute Gasteiger partial charge is 0.494 e. The molecule has 0 bridgehead atoms. The quantitative estimate of drug-likeness (QED) is 0.499. The number of aryl methyl sites for hydroxylation is 1. The van der Waals surface area contributed by atoms with E-state index in [1.165, 1.54) is 30.8 Å². The molecule has 11 heteroatoms. The van der Waals surface area contributed by atoms with Gasteiger partial charge in [0.05, 0.1) is 25.5 Å². The minimum absolute atomic E-state index is 0.294. The molecular weight excluding hydrogens is 464 g/mol. The Kier molecular flexibility index (Phi) is 7.36. The molecule has 1 aliphatic rings. The summed E-state index contributed by atoms with van der Waals surface area (Å²) in [7, 11) is 3.67. The SMILES string of the molecule is COc1cnc(Cl)cc1-c1cc(C)ncc1C(=O)Nc1nnc(OCC2CCN(C)CC2)s1. The lowest BCUT2D eigenvalue weighted by Crippen LogP contribution is -2.32. The second-order valence-electron chi connectivity index (χ2n) is 7.96. The Bertz CT molecular complexity index is 1130. The second kappa shape index (κ2) is 10.4. The van der Waals surface area contributed by atoms with E-state index >= 15 is 0 Å². The van der Waals surface area contributed by atoms with Crippen LogP contribution in [0.2, 0.25) is 5.15 Å². The molecular formula is C22H25ClN6O3S. The molecule has 1 N–H and O–H groups in total. The average Bonchev–Trinajstić information content (AvgIpc) is 3.25. The fourth-order valence-corrected chi connectivity index (χ4v) is 4.41. The number of aromatic nitrogens is 4. The molecule has 0 unspecified atom stereocenters. The zero-order valence-corrected chi connectivity index (χ0v) is 20.2. The molecule has 4 rings (SSSR count). The number of rotatable bonds is 7. The van der Waals surface area contributed by atoms with Gasteiger partial charge in [-0.05, 0) is 69.3 Å². The molecule has 1 aliphatic heterocycles. The van der Waals surface area contributed by atoms with Crippen molar-refractivity contribution >= 4 is 34.0 Å². The molecule has 1 amide bonds. The van der Waals surface area contributed by atoms with Crippen LogP contribution in [0.15, 0.2) is 24.5 Å².